The number of amides is 1. The predicted octanol–water partition coefficient (Wildman–Crippen LogP) is 4.41. The summed E-state index contributed by atoms with van der Waals surface area (Å²) in [4.78, 5) is 22.2. The van der Waals surface area contributed by atoms with Gasteiger partial charge in [-0.3, -0.25) is 9.69 Å². The highest BCUT2D eigenvalue weighted by molar-refractivity contribution is 7.91. The third-order valence-corrected chi connectivity index (χ3v) is 10.5. The van der Waals surface area contributed by atoms with Crippen molar-refractivity contribution in [2.24, 2.45) is 5.92 Å². The lowest BCUT2D eigenvalue weighted by Crippen LogP contribution is -2.45. The molecular weight excluding hydrogens is 528 g/mol. The van der Waals surface area contributed by atoms with Gasteiger partial charge in [0.1, 0.15) is 9.96 Å². The molecule has 190 valence electrons. The van der Waals surface area contributed by atoms with E-state index in [0.717, 1.165) is 27.3 Å². The number of rotatable bonds is 9. The topological polar surface area (TPSA) is 83.1 Å². The number of thiophene rings is 1. The lowest BCUT2D eigenvalue weighted by Gasteiger charge is -2.33. The fourth-order valence-corrected chi connectivity index (χ4v) is 8.12. The van der Waals surface area contributed by atoms with Gasteiger partial charge in [0.15, 0.2) is 5.13 Å². The summed E-state index contributed by atoms with van der Waals surface area (Å²) >= 11 is 8.46. The molecule has 0 aliphatic carbocycles. The molecule has 0 atom stereocenters. The smallest absolute Gasteiger partial charge is 0.252 e. The van der Waals surface area contributed by atoms with Crippen molar-refractivity contribution in [2.45, 2.75) is 24.0 Å². The van der Waals surface area contributed by atoms with Gasteiger partial charge in [-0.25, -0.2) is 13.4 Å². The molecule has 35 heavy (non-hydrogen) atoms. The second-order valence-electron chi connectivity index (χ2n) is 8.59. The Bertz CT molecular complexity index is 1280. The van der Waals surface area contributed by atoms with Gasteiger partial charge in [-0.1, -0.05) is 22.9 Å². The van der Waals surface area contributed by atoms with Crippen LogP contribution >= 0.6 is 34.3 Å². The molecule has 0 unspecified atom stereocenters. The number of thiazole rings is 1. The lowest BCUT2D eigenvalue weighted by molar-refractivity contribution is -0.123. The molecule has 1 aliphatic rings. The second kappa shape index (κ2) is 11.1. The van der Waals surface area contributed by atoms with E-state index in [0.29, 0.717) is 55.1 Å². The molecule has 3 heterocycles. The van der Waals surface area contributed by atoms with Crippen LogP contribution in [0.15, 0.2) is 34.5 Å². The Balaban J connectivity index is 1.51. The van der Waals surface area contributed by atoms with Crippen LogP contribution in [0.4, 0.5) is 5.13 Å². The molecule has 0 bridgehead atoms. The molecule has 8 nitrogen and oxygen atoms in total. The predicted molar refractivity (Wildman–Crippen MR) is 143 cm³/mol. The average molecular weight is 557 g/mol. The molecule has 0 spiro atoms. The first kappa shape index (κ1) is 26.3. The first-order chi connectivity index (χ1) is 16.7. The van der Waals surface area contributed by atoms with Crippen LogP contribution in [0, 0.1) is 5.92 Å². The van der Waals surface area contributed by atoms with Crippen molar-refractivity contribution in [3.8, 4) is 5.75 Å². The van der Waals surface area contributed by atoms with Crippen molar-refractivity contribution < 1.29 is 17.9 Å². The maximum atomic E-state index is 13.7. The summed E-state index contributed by atoms with van der Waals surface area (Å²) in [6.07, 6.45) is 0.935. The highest BCUT2D eigenvalue weighted by atomic mass is 35.5. The number of nitrogens with zero attached hydrogens (tertiary/aromatic N) is 4. The number of hydrogen-bond donors (Lipinski definition) is 0. The standard InChI is InChI=1S/C23H29ClN4O4S3/c1-4-32-17-5-6-18-19(15-17)33-23(25-18)28(14-13-26(2)3)22(29)16-9-11-27(12-10-16)35(30,31)21-8-7-20(24)34-21/h5-8,15-16H,4,9-14H2,1-3H3. The van der Waals surface area contributed by atoms with Gasteiger partial charge in [0, 0.05) is 32.1 Å². The van der Waals surface area contributed by atoms with Crippen LogP contribution in [0.1, 0.15) is 19.8 Å². The Morgan fingerprint density at radius 2 is 1.91 bits per heavy atom. The molecule has 3 aromatic rings. The third kappa shape index (κ3) is 5.98. The minimum atomic E-state index is -3.60. The number of sulfonamides is 1. The number of hydrogen-bond acceptors (Lipinski definition) is 8. The Kier molecular flexibility index (Phi) is 8.34. The molecule has 1 amide bonds. The fourth-order valence-electron chi connectivity index (χ4n) is 3.99. The van der Waals surface area contributed by atoms with Crippen LogP contribution < -0.4 is 9.64 Å². The zero-order valence-corrected chi connectivity index (χ0v) is 23.1. The van der Waals surface area contributed by atoms with E-state index in [9.17, 15) is 13.2 Å². The lowest BCUT2D eigenvalue weighted by atomic mass is 9.96. The highest BCUT2D eigenvalue weighted by Crippen LogP contribution is 2.34. The van der Waals surface area contributed by atoms with Crippen molar-refractivity contribution in [1.29, 1.82) is 0 Å². The van der Waals surface area contributed by atoms with Crippen LogP contribution in [0.2, 0.25) is 4.34 Å². The van der Waals surface area contributed by atoms with Gasteiger partial charge < -0.3 is 9.64 Å². The number of halogens is 1. The number of carbonyl (C=O) groups excluding carboxylic acids is 1. The number of piperidine rings is 1. The number of carbonyl (C=O) groups is 1. The SMILES string of the molecule is CCOc1ccc2nc(N(CCN(C)C)C(=O)C3CCN(S(=O)(=O)c4ccc(Cl)s4)CC3)sc2c1. The number of ether oxygens (including phenoxy) is 1. The van der Waals surface area contributed by atoms with Crippen LogP contribution in [0.5, 0.6) is 5.75 Å². The largest absolute Gasteiger partial charge is 0.494 e. The first-order valence-corrected chi connectivity index (χ1v) is 14.9. The summed E-state index contributed by atoms with van der Waals surface area (Å²) in [6, 6.07) is 8.88. The van der Waals surface area contributed by atoms with Crippen LogP contribution in [-0.4, -0.2) is 75.4 Å². The molecule has 0 saturated carbocycles. The Hall–Kier alpha value is -1.76. The molecule has 1 fully saturated rings. The summed E-state index contributed by atoms with van der Waals surface area (Å²) in [7, 11) is 0.339. The molecule has 1 aromatic carbocycles. The van der Waals surface area contributed by atoms with Gasteiger partial charge in [-0.05, 0) is 64.2 Å². The van der Waals surface area contributed by atoms with Crippen molar-refractivity contribution in [3.63, 3.8) is 0 Å². The average Bonchev–Trinajstić information content (AvgIpc) is 3.45. The van der Waals surface area contributed by atoms with E-state index in [1.165, 1.54) is 21.7 Å². The maximum absolute atomic E-state index is 13.7. The van der Waals surface area contributed by atoms with E-state index < -0.39 is 10.0 Å². The highest BCUT2D eigenvalue weighted by Gasteiger charge is 2.35. The van der Waals surface area contributed by atoms with Crippen molar-refractivity contribution >= 4 is 65.6 Å². The minimum absolute atomic E-state index is 0.00727. The Labute approximate surface area is 219 Å². The number of aromatic nitrogens is 1. The van der Waals surface area contributed by atoms with E-state index in [1.54, 1.807) is 11.0 Å². The summed E-state index contributed by atoms with van der Waals surface area (Å²) in [5.74, 6) is 0.510. The molecule has 0 N–H and O–H groups in total. The molecule has 12 heteroatoms. The van der Waals surface area contributed by atoms with E-state index in [4.69, 9.17) is 21.3 Å². The molecule has 2 aromatic heterocycles. The molecule has 0 radical (unpaired) electrons. The quantitative estimate of drug-likeness (QED) is 0.388. The zero-order chi connectivity index (χ0) is 25.2. The molecule has 4 rings (SSSR count). The monoisotopic (exact) mass is 556 g/mol. The maximum Gasteiger partial charge on any atom is 0.252 e. The van der Waals surface area contributed by atoms with Gasteiger partial charge >= 0.3 is 0 Å². The Morgan fingerprint density at radius 1 is 1.17 bits per heavy atom. The van der Waals surface area contributed by atoms with Gasteiger partial charge in [-0.2, -0.15) is 4.31 Å². The van der Waals surface area contributed by atoms with Crippen molar-refractivity contribution in [2.75, 3.05) is 51.8 Å². The summed E-state index contributed by atoms with van der Waals surface area (Å²) in [6.45, 7) is 4.32. The normalized spacial score (nSPS) is 15.7. The van der Waals surface area contributed by atoms with Crippen LogP contribution in [-0.2, 0) is 14.8 Å². The fraction of sp³-hybridized carbons (Fsp3) is 0.478. The Morgan fingerprint density at radius 3 is 2.54 bits per heavy atom. The molecule has 1 aliphatic heterocycles. The summed E-state index contributed by atoms with van der Waals surface area (Å²) in [5.41, 5.74) is 0.826. The molecule has 1 saturated heterocycles. The van der Waals surface area contributed by atoms with E-state index in [-0.39, 0.29) is 16.0 Å². The van der Waals surface area contributed by atoms with E-state index in [1.807, 2.05) is 44.1 Å². The third-order valence-electron chi connectivity index (χ3n) is 5.87. The van der Waals surface area contributed by atoms with Crippen LogP contribution in [0.3, 0.4) is 0 Å². The second-order valence-corrected chi connectivity index (χ2v) is 13.5. The van der Waals surface area contributed by atoms with Crippen molar-refractivity contribution in [3.05, 3.63) is 34.7 Å². The number of fused-ring (bicyclic) bond motifs is 1. The van der Waals surface area contributed by atoms with Gasteiger partial charge in [0.05, 0.1) is 21.2 Å². The number of anilines is 1. The summed E-state index contributed by atoms with van der Waals surface area (Å²) in [5, 5.41) is 0.656. The van der Waals surface area contributed by atoms with Gasteiger partial charge in [0.2, 0.25) is 5.91 Å². The van der Waals surface area contributed by atoms with E-state index in [2.05, 4.69) is 0 Å². The number of likely N-dealkylation sites (N-methyl/N-ethyl adjacent to an activating group) is 1. The summed E-state index contributed by atoms with van der Waals surface area (Å²) < 4.78 is 34.6. The minimum Gasteiger partial charge on any atom is -0.494 e. The van der Waals surface area contributed by atoms with Crippen LogP contribution in [0.25, 0.3) is 10.2 Å². The van der Waals surface area contributed by atoms with E-state index >= 15 is 0 Å². The van der Waals surface area contributed by atoms with Crippen molar-refractivity contribution in [1.82, 2.24) is 14.2 Å². The van der Waals surface area contributed by atoms with Gasteiger partial charge in [-0.15, -0.1) is 11.3 Å². The number of benzene rings is 1. The zero-order valence-electron chi connectivity index (χ0n) is 19.9. The molecular formula is C23H29ClN4O4S3. The van der Waals surface area contributed by atoms with Gasteiger partial charge in [0.25, 0.3) is 10.0 Å². The first-order valence-electron chi connectivity index (χ1n) is 11.4.